The normalized spacial score (nSPS) is 14.3. The highest BCUT2D eigenvalue weighted by molar-refractivity contribution is 6.21. The van der Waals surface area contributed by atoms with Gasteiger partial charge in [-0.25, -0.2) is 0 Å². The SMILES string of the molecule is COc1ccc(C(=[N+]=C2C(c3ccc(OC)cc3)(c3ccc(OC)cc3)C(NC(c3ccc(OC)cc3)c3ccc(OC)cc3)C2(c2ccc(OC)cc2)c2ccc(OC)cc2)c2ccc(OC)cc2)cc1. The molecule has 0 spiro atoms. The number of hydrogen-bond acceptors (Lipinski definition) is 9. The maximum atomic E-state index is 6.22. The van der Waals surface area contributed by atoms with Gasteiger partial charge in [0.1, 0.15) is 56.8 Å². The van der Waals surface area contributed by atoms with Crippen molar-refractivity contribution in [2.24, 2.45) is 0 Å². The van der Waals surface area contributed by atoms with Crippen molar-refractivity contribution in [3.05, 3.63) is 239 Å². The second kappa shape index (κ2) is 21.3. The van der Waals surface area contributed by atoms with Crippen molar-refractivity contribution in [3.8, 4) is 46.0 Å². The van der Waals surface area contributed by atoms with Crippen LogP contribution in [0.15, 0.2) is 194 Å². The van der Waals surface area contributed by atoms with Gasteiger partial charge in [-0.2, -0.15) is 0 Å². The molecule has 10 heteroatoms. The lowest BCUT2D eigenvalue weighted by Gasteiger charge is -2.59. The molecule has 0 saturated heterocycles. The highest BCUT2D eigenvalue weighted by Gasteiger charge is 2.78. The Bertz CT molecular complexity index is 2830. The fourth-order valence-electron chi connectivity index (χ4n) is 10.3. The Morgan fingerprint density at radius 3 is 0.792 bits per heavy atom. The summed E-state index contributed by atoms with van der Waals surface area (Å²) < 4.78 is 52.4. The second-order valence-electron chi connectivity index (χ2n) is 17.4. The van der Waals surface area contributed by atoms with Gasteiger partial charge in [0.2, 0.25) is 0 Å². The number of nitrogens with one attached hydrogen (secondary N) is 1. The van der Waals surface area contributed by atoms with Crippen LogP contribution in [-0.2, 0) is 10.8 Å². The minimum atomic E-state index is -1.04. The van der Waals surface area contributed by atoms with Gasteiger partial charge in [-0.15, -0.1) is 0 Å². The Kier molecular flexibility index (Phi) is 14.4. The average Bonchev–Trinajstić information content (AvgIpc) is 3.45. The van der Waals surface area contributed by atoms with Gasteiger partial charge in [0, 0.05) is 0 Å². The Labute approximate surface area is 422 Å². The standard InChI is InChI=1S/C62H59N2O8/c1-65-49-25-9-41(10-26-49)57(42-11-27-50(66-2)28-12-42)63-59-61(45-17-33-53(69-5)34-18-45,46-19-35-54(70-6)36-20-46)60(62(59,47-21-37-55(71-7)38-22-47)48-23-39-56(72-8)40-24-48)64-58(43-13-29-51(67-3)30-14-43)44-15-31-52(68-4)32-16-44/h9-40,57,59,63H,1-8H3/q+1. The molecule has 0 amide bonds. The van der Waals surface area contributed by atoms with E-state index in [0.29, 0.717) is 0 Å². The Morgan fingerprint density at radius 2 is 0.556 bits per heavy atom. The van der Waals surface area contributed by atoms with Gasteiger partial charge in [0.15, 0.2) is 0 Å². The summed E-state index contributed by atoms with van der Waals surface area (Å²) in [5.41, 5.74) is 7.24. The number of rotatable bonds is 18. The summed E-state index contributed by atoms with van der Waals surface area (Å²) in [4.78, 5) is 0. The predicted molar refractivity (Wildman–Crippen MR) is 285 cm³/mol. The molecule has 1 fully saturated rings. The van der Waals surface area contributed by atoms with Gasteiger partial charge in [-0.1, -0.05) is 77.5 Å². The minimum absolute atomic E-state index is 0.397. The first-order valence-electron chi connectivity index (χ1n) is 23.6. The summed E-state index contributed by atoms with van der Waals surface area (Å²) in [5.74, 6) is 5.85. The largest absolute Gasteiger partial charge is 0.497 e. The third-order valence-corrected chi connectivity index (χ3v) is 14.0. The Hall–Kier alpha value is -8.43. The lowest BCUT2D eigenvalue weighted by Crippen LogP contribution is -2.80. The quantitative estimate of drug-likeness (QED) is 0.0666. The first-order valence-corrected chi connectivity index (χ1v) is 23.6. The van der Waals surface area contributed by atoms with Crippen LogP contribution in [0.2, 0.25) is 0 Å². The number of hydrogen-bond donors (Lipinski definition) is 1. The highest BCUT2D eigenvalue weighted by Crippen LogP contribution is 2.61. The summed E-state index contributed by atoms with van der Waals surface area (Å²) >= 11 is 0. The lowest BCUT2D eigenvalue weighted by atomic mass is 9.39. The second-order valence-corrected chi connectivity index (χ2v) is 17.4. The van der Waals surface area contributed by atoms with Crippen molar-refractivity contribution in [3.63, 3.8) is 0 Å². The molecule has 1 aliphatic carbocycles. The lowest BCUT2D eigenvalue weighted by molar-refractivity contribution is 0.249. The summed E-state index contributed by atoms with van der Waals surface area (Å²) in [6, 6.07) is 65.2. The van der Waals surface area contributed by atoms with Crippen LogP contribution in [0.4, 0.5) is 0 Å². The maximum Gasteiger partial charge on any atom is 0.341 e. The zero-order valence-electron chi connectivity index (χ0n) is 41.8. The van der Waals surface area contributed by atoms with Gasteiger partial charge in [-0.05, 0) is 155 Å². The Balaban J connectivity index is 1.51. The van der Waals surface area contributed by atoms with E-state index in [9.17, 15) is 0 Å². The number of methoxy groups -OCH3 is 8. The van der Waals surface area contributed by atoms with Crippen LogP contribution in [0.5, 0.6) is 46.0 Å². The minimum Gasteiger partial charge on any atom is -0.497 e. The van der Waals surface area contributed by atoms with E-state index in [1.165, 1.54) is 0 Å². The molecule has 0 bridgehead atoms. The maximum absolute atomic E-state index is 6.22. The molecule has 364 valence electrons. The van der Waals surface area contributed by atoms with Crippen molar-refractivity contribution < 1.29 is 37.9 Å². The first kappa shape index (κ1) is 48.6. The van der Waals surface area contributed by atoms with Crippen molar-refractivity contribution in [1.82, 2.24) is 9.98 Å². The molecule has 10 nitrogen and oxygen atoms in total. The fourth-order valence-corrected chi connectivity index (χ4v) is 10.3. The van der Waals surface area contributed by atoms with Crippen LogP contribution in [0.25, 0.3) is 0 Å². The van der Waals surface area contributed by atoms with E-state index in [4.69, 9.17) is 42.6 Å². The molecule has 0 radical (unpaired) electrons. The Morgan fingerprint density at radius 1 is 0.333 bits per heavy atom. The number of benzene rings is 8. The van der Waals surface area contributed by atoms with E-state index in [1.54, 1.807) is 56.9 Å². The molecule has 0 heterocycles. The molecule has 1 aliphatic rings. The average molecular weight is 960 g/mol. The molecule has 0 aromatic heterocycles. The van der Waals surface area contributed by atoms with Crippen molar-refractivity contribution in [1.29, 1.82) is 0 Å². The molecule has 72 heavy (non-hydrogen) atoms. The van der Waals surface area contributed by atoms with Crippen LogP contribution >= 0.6 is 0 Å². The van der Waals surface area contributed by atoms with Crippen molar-refractivity contribution in [2.75, 3.05) is 56.9 Å². The molecular weight excluding hydrogens is 901 g/mol. The zero-order valence-corrected chi connectivity index (χ0v) is 41.8. The monoisotopic (exact) mass is 959 g/mol. The van der Waals surface area contributed by atoms with Crippen LogP contribution in [0.3, 0.4) is 0 Å². The van der Waals surface area contributed by atoms with Crippen LogP contribution in [0, 0.1) is 0 Å². The molecule has 8 aromatic rings. The summed E-state index contributed by atoms with van der Waals surface area (Å²) in [5, 5.41) is 4.43. The number of ether oxygens (including phenoxy) is 8. The van der Waals surface area contributed by atoms with Gasteiger partial charge >= 0.3 is 11.4 Å². The third-order valence-electron chi connectivity index (χ3n) is 14.0. The van der Waals surface area contributed by atoms with Gasteiger partial charge in [-0.3, -0.25) is 5.32 Å². The van der Waals surface area contributed by atoms with Gasteiger partial charge in [0.25, 0.3) is 0 Å². The topological polar surface area (TPSA) is 100.0 Å². The molecule has 9 rings (SSSR count). The van der Waals surface area contributed by atoms with Crippen LogP contribution in [0.1, 0.15) is 50.5 Å². The number of nitrogens with zero attached hydrogens (tertiary/aromatic N) is 1. The zero-order chi connectivity index (χ0) is 50.2. The third kappa shape index (κ3) is 8.87. The van der Waals surface area contributed by atoms with E-state index in [1.807, 2.05) is 97.1 Å². The molecule has 0 unspecified atom stereocenters. The summed E-state index contributed by atoms with van der Waals surface area (Å²) in [6.07, 6.45) is 0. The molecule has 0 aliphatic heterocycles. The highest BCUT2D eigenvalue weighted by atomic mass is 16.5. The molecule has 1 N–H and O–H groups in total. The first-order chi connectivity index (χ1) is 35.3. The predicted octanol–water partition coefficient (Wildman–Crippen LogP) is 10.8. The smallest absolute Gasteiger partial charge is 0.341 e. The van der Waals surface area contributed by atoms with Crippen LogP contribution in [-0.4, -0.2) is 74.3 Å². The van der Waals surface area contributed by atoms with E-state index >= 15 is 0 Å². The van der Waals surface area contributed by atoms with Crippen molar-refractivity contribution >= 4 is 11.4 Å². The van der Waals surface area contributed by atoms with E-state index < -0.39 is 22.9 Å². The molecule has 1 saturated carbocycles. The fraction of sp³-hybridized carbons (Fsp3) is 0.194. The molecule has 0 atom stereocenters. The van der Waals surface area contributed by atoms with E-state index in [0.717, 1.165) is 102 Å². The molecule has 8 aromatic carbocycles. The molecular formula is C62H59N2O8+. The van der Waals surface area contributed by atoms with Gasteiger partial charge in [0.05, 0.1) is 80.1 Å². The van der Waals surface area contributed by atoms with E-state index in [-0.39, 0.29) is 0 Å². The summed E-state index contributed by atoms with van der Waals surface area (Å²) in [6.45, 7) is 0. The van der Waals surface area contributed by atoms with E-state index in [2.05, 4.69) is 102 Å². The van der Waals surface area contributed by atoms with Crippen LogP contribution < -0.4 is 47.9 Å². The van der Waals surface area contributed by atoms with Gasteiger partial charge < -0.3 is 37.9 Å². The summed E-state index contributed by atoms with van der Waals surface area (Å²) in [7, 11) is 13.5. The van der Waals surface area contributed by atoms with Crippen molar-refractivity contribution in [2.45, 2.75) is 22.9 Å².